The van der Waals surface area contributed by atoms with Crippen LogP contribution in [-0.4, -0.2) is 48.1 Å². The summed E-state index contributed by atoms with van der Waals surface area (Å²) in [4.78, 5) is 29.0. The van der Waals surface area contributed by atoms with E-state index in [0.29, 0.717) is 22.2 Å². The summed E-state index contributed by atoms with van der Waals surface area (Å²) in [5, 5.41) is 0.126. The molecule has 178 valence electrons. The molecule has 0 spiro atoms. The van der Waals surface area contributed by atoms with E-state index < -0.39 is 5.82 Å². The second kappa shape index (κ2) is 8.75. The van der Waals surface area contributed by atoms with Crippen LogP contribution >= 0.6 is 11.6 Å². The van der Waals surface area contributed by atoms with Crippen molar-refractivity contribution in [1.82, 2.24) is 29.1 Å². The van der Waals surface area contributed by atoms with Crippen molar-refractivity contribution in [2.24, 2.45) is 0 Å². The van der Waals surface area contributed by atoms with Crippen LogP contribution in [-0.2, 0) is 9.47 Å². The van der Waals surface area contributed by atoms with Gasteiger partial charge in [0.15, 0.2) is 17.1 Å². The van der Waals surface area contributed by atoms with E-state index in [9.17, 15) is 9.18 Å². The van der Waals surface area contributed by atoms with Crippen molar-refractivity contribution in [1.29, 1.82) is 0 Å². The van der Waals surface area contributed by atoms with Crippen molar-refractivity contribution in [3.63, 3.8) is 0 Å². The molecule has 4 aromatic rings. The van der Waals surface area contributed by atoms with Gasteiger partial charge in [0.2, 0.25) is 5.95 Å². The standard InChI is InChI=1S/C23H24ClFN6O3/c24-20-19-21(29-22(28-20)30-12-26-16-9-4-13(25)11-17(16)30)31(23(32)27-19)14-5-7-15(8-6-14)34-18-3-1-2-10-33-18/h4,9,11-12,14-15,18H,1-3,5-8,10H2,(H,27,32)/t14-,15-,18?. The molecular formula is C23H24ClFN6O3. The highest BCUT2D eigenvalue weighted by atomic mass is 35.5. The lowest BCUT2D eigenvalue weighted by Gasteiger charge is -2.33. The molecule has 0 amide bonds. The smallest absolute Gasteiger partial charge is 0.328 e. The Morgan fingerprint density at radius 3 is 2.79 bits per heavy atom. The quantitative estimate of drug-likeness (QED) is 0.432. The summed E-state index contributed by atoms with van der Waals surface area (Å²) in [6.45, 7) is 0.756. The number of aromatic amines is 1. The lowest BCUT2D eigenvalue weighted by Crippen LogP contribution is -2.33. The van der Waals surface area contributed by atoms with E-state index in [0.717, 1.165) is 51.6 Å². The van der Waals surface area contributed by atoms with Crippen LogP contribution in [0, 0.1) is 5.82 Å². The lowest BCUT2D eigenvalue weighted by molar-refractivity contribution is -0.194. The predicted octanol–water partition coefficient (Wildman–Crippen LogP) is 4.28. The maximum absolute atomic E-state index is 13.9. The summed E-state index contributed by atoms with van der Waals surface area (Å²) in [5.74, 6) is -0.164. The van der Waals surface area contributed by atoms with E-state index >= 15 is 0 Å². The average molecular weight is 487 g/mol. The van der Waals surface area contributed by atoms with Gasteiger partial charge in [-0.05, 0) is 57.1 Å². The van der Waals surface area contributed by atoms with Crippen molar-refractivity contribution in [3.8, 4) is 5.95 Å². The highest BCUT2D eigenvalue weighted by Crippen LogP contribution is 2.33. The monoisotopic (exact) mass is 486 g/mol. The summed E-state index contributed by atoms with van der Waals surface area (Å²) in [7, 11) is 0. The molecule has 4 heterocycles. The number of rotatable bonds is 4. The highest BCUT2D eigenvalue weighted by Gasteiger charge is 2.29. The molecule has 9 nitrogen and oxygen atoms in total. The van der Waals surface area contributed by atoms with Crippen LogP contribution in [0.15, 0.2) is 29.3 Å². The topological polar surface area (TPSA) is 99.9 Å². The SMILES string of the molecule is O=c1[nH]c2c(Cl)nc(-n3cnc4ccc(F)cc43)nc2n1[C@H]1CC[C@H](OC2CCCCO2)CC1. The van der Waals surface area contributed by atoms with Crippen LogP contribution in [0.1, 0.15) is 51.0 Å². The number of ether oxygens (including phenoxy) is 2. The van der Waals surface area contributed by atoms with Gasteiger partial charge in [-0.2, -0.15) is 9.97 Å². The first kappa shape index (κ1) is 21.7. The maximum atomic E-state index is 13.9. The molecule has 11 heteroatoms. The highest BCUT2D eigenvalue weighted by molar-refractivity contribution is 6.33. The fourth-order valence-corrected chi connectivity index (χ4v) is 5.22. The Morgan fingerprint density at radius 2 is 2.00 bits per heavy atom. The van der Waals surface area contributed by atoms with Gasteiger partial charge in [0.25, 0.3) is 0 Å². The number of H-pyrrole nitrogens is 1. The van der Waals surface area contributed by atoms with Gasteiger partial charge in [-0.25, -0.2) is 14.2 Å². The Morgan fingerprint density at radius 1 is 1.15 bits per heavy atom. The van der Waals surface area contributed by atoms with Crippen LogP contribution in [0.3, 0.4) is 0 Å². The fourth-order valence-electron chi connectivity index (χ4n) is 5.02. The molecule has 1 aliphatic heterocycles. The average Bonchev–Trinajstić information content (AvgIpc) is 3.41. The Bertz CT molecular complexity index is 1400. The van der Waals surface area contributed by atoms with E-state index in [1.165, 1.54) is 18.5 Å². The third-order valence-electron chi connectivity index (χ3n) is 6.73. The molecule has 1 N–H and O–H groups in total. The molecule has 3 aromatic heterocycles. The van der Waals surface area contributed by atoms with Crippen LogP contribution in [0.2, 0.25) is 5.15 Å². The summed E-state index contributed by atoms with van der Waals surface area (Å²) >= 11 is 6.44. The lowest BCUT2D eigenvalue weighted by atomic mass is 9.92. The molecule has 0 bridgehead atoms. The minimum Gasteiger partial charge on any atom is -0.353 e. The van der Waals surface area contributed by atoms with Crippen molar-refractivity contribution < 1.29 is 13.9 Å². The van der Waals surface area contributed by atoms with E-state index in [4.69, 9.17) is 21.1 Å². The minimum atomic E-state index is -0.391. The largest absolute Gasteiger partial charge is 0.353 e. The zero-order valence-corrected chi connectivity index (χ0v) is 19.2. The third kappa shape index (κ3) is 3.89. The number of nitrogens with one attached hydrogen (secondary N) is 1. The fraction of sp³-hybridized carbons (Fsp3) is 0.478. The number of hydrogen-bond acceptors (Lipinski definition) is 6. The van der Waals surface area contributed by atoms with E-state index in [1.807, 2.05) is 0 Å². The third-order valence-corrected chi connectivity index (χ3v) is 7.00. The van der Waals surface area contributed by atoms with Crippen LogP contribution < -0.4 is 5.69 Å². The van der Waals surface area contributed by atoms with E-state index in [1.54, 1.807) is 15.2 Å². The zero-order chi connectivity index (χ0) is 23.2. The predicted molar refractivity (Wildman–Crippen MR) is 124 cm³/mol. The van der Waals surface area contributed by atoms with Gasteiger partial charge in [0, 0.05) is 18.7 Å². The van der Waals surface area contributed by atoms with Crippen molar-refractivity contribution in [2.45, 2.75) is 63.4 Å². The summed E-state index contributed by atoms with van der Waals surface area (Å²) < 4.78 is 29.0. The molecule has 2 aliphatic rings. The number of imidazole rings is 2. The first-order chi connectivity index (χ1) is 16.6. The van der Waals surface area contributed by atoms with Crippen molar-refractivity contribution >= 4 is 33.8 Å². The molecule has 1 aliphatic carbocycles. The van der Waals surface area contributed by atoms with Crippen molar-refractivity contribution in [3.05, 3.63) is 46.0 Å². The molecule has 0 radical (unpaired) electrons. The van der Waals surface area contributed by atoms with Gasteiger partial charge >= 0.3 is 5.69 Å². The molecule has 1 atom stereocenters. The van der Waals surface area contributed by atoms with Gasteiger partial charge in [-0.3, -0.25) is 9.13 Å². The number of fused-ring (bicyclic) bond motifs is 2. The number of halogens is 2. The molecule has 1 saturated heterocycles. The molecule has 1 aromatic carbocycles. The minimum absolute atomic E-state index is 0.0378. The maximum Gasteiger partial charge on any atom is 0.328 e. The molecule has 6 rings (SSSR count). The molecule has 2 fully saturated rings. The second-order valence-corrected chi connectivity index (χ2v) is 9.28. The first-order valence-electron chi connectivity index (χ1n) is 11.6. The molecule has 34 heavy (non-hydrogen) atoms. The van der Waals surface area contributed by atoms with Gasteiger partial charge in [0.1, 0.15) is 17.7 Å². The zero-order valence-electron chi connectivity index (χ0n) is 18.4. The van der Waals surface area contributed by atoms with Crippen molar-refractivity contribution in [2.75, 3.05) is 6.61 Å². The molecule has 1 saturated carbocycles. The number of aromatic nitrogens is 6. The number of hydrogen-bond donors (Lipinski definition) is 1. The van der Waals surface area contributed by atoms with Crippen LogP contribution in [0.25, 0.3) is 28.1 Å². The second-order valence-electron chi connectivity index (χ2n) is 8.92. The first-order valence-corrected chi connectivity index (χ1v) is 12.0. The van der Waals surface area contributed by atoms with Gasteiger partial charge in [-0.1, -0.05) is 11.6 Å². The normalized spacial score (nSPS) is 23.6. The van der Waals surface area contributed by atoms with E-state index in [2.05, 4.69) is 19.9 Å². The molecule has 1 unspecified atom stereocenters. The van der Waals surface area contributed by atoms with E-state index in [-0.39, 0.29) is 35.2 Å². The van der Waals surface area contributed by atoms with Gasteiger partial charge in [0.05, 0.1) is 17.1 Å². The molecular weight excluding hydrogens is 463 g/mol. The number of benzene rings is 1. The summed E-state index contributed by atoms with van der Waals surface area (Å²) in [5.41, 5.74) is 1.67. The summed E-state index contributed by atoms with van der Waals surface area (Å²) in [6.07, 6.45) is 7.91. The van der Waals surface area contributed by atoms with Gasteiger partial charge < -0.3 is 14.5 Å². The Kier molecular flexibility index (Phi) is 5.59. The van der Waals surface area contributed by atoms with Gasteiger partial charge in [-0.15, -0.1) is 0 Å². The van der Waals surface area contributed by atoms with Crippen LogP contribution in [0.4, 0.5) is 4.39 Å². The Hall–Kier alpha value is -2.82. The number of nitrogens with zero attached hydrogens (tertiary/aromatic N) is 5. The summed E-state index contributed by atoms with van der Waals surface area (Å²) in [6, 6.07) is 4.27. The van der Waals surface area contributed by atoms with Crippen LogP contribution in [0.5, 0.6) is 0 Å². The Labute approximate surface area is 198 Å². The Balaban J connectivity index is 1.30.